The summed E-state index contributed by atoms with van der Waals surface area (Å²) in [5, 5.41) is 12.8. The van der Waals surface area contributed by atoms with E-state index in [1.54, 1.807) is 23.1 Å². The highest BCUT2D eigenvalue weighted by Gasteiger charge is 2.22. The first-order chi connectivity index (χ1) is 9.60. The third-order valence-corrected chi connectivity index (χ3v) is 3.47. The fraction of sp³-hybridized carbons (Fsp3) is 0.500. The van der Waals surface area contributed by atoms with E-state index in [1.165, 1.54) is 0 Å². The lowest BCUT2D eigenvalue weighted by molar-refractivity contribution is 0.0972. The second-order valence-electron chi connectivity index (χ2n) is 4.72. The molecule has 5 nitrogen and oxygen atoms in total. The zero-order valence-electron chi connectivity index (χ0n) is 11.4. The number of carbonyl (C=O) groups is 1. The average Bonchev–Trinajstić information content (AvgIpc) is 2.43. The van der Waals surface area contributed by atoms with E-state index in [2.05, 4.69) is 5.32 Å². The summed E-state index contributed by atoms with van der Waals surface area (Å²) in [6, 6.07) is 4.93. The maximum atomic E-state index is 12.2. The van der Waals surface area contributed by atoms with Crippen molar-refractivity contribution in [1.82, 2.24) is 4.90 Å². The van der Waals surface area contributed by atoms with Crippen molar-refractivity contribution in [1.29, 1.82) is 0 Å². The van der Waals surface area contributed by atoms with Crippen LogP contribution in [0.3, 0.4) is 0 Å². The van der Waals surface area contributed by atoms with Gasteiger partial charge in [0, 0.05) is 24.2 Å². The molecule has 0 unspecified atom stereocenters. The number of carbonyl (C=O) groups excluding carboxylic acids is 1. The first kappa shape index (κ1) is 14.9. The molecule has 20 heavy (non-hydrogen) atoms. The van der Waals surface area contributed by atoms with E-state index < -0.39 is 0 Å². The minimum absolute atomic E-state index is 0.180. The van der Waals surface area contributed by atoms with Gasteiger partial charge in [-0.05, 0) is 31.9 Å². The van der Waals surface area contributed by atoms with Crippen molar-refractivity contribution in [2.75, 3.05) is 25.0 Å². The van der Waals surface area contributed by atoms with Gasteiger partial charge in [-0.25, -0.2) is 4.79 Å². The topological polar surface area (TPSA) is 61.8 Å². The molecule has 0 bridgehead atoms. The number of nitrogens with zero attached hydrogens (tertiary/aromatic N) is 1. The van der Waals surface area contributed by atoms with Gasteiger partial charge >= 0.3 is 6.03 Å². The lowest BCUT2D eigenvalue weighted by atomic mass is 10.1. The van der Waals surface area contributed by atoms with Crippen molar-refractivity contribution >= 4 is 23.3 Å². The van der Waals surface area contributed by atoms with E-state index in [-0.39, 0.29) is 12.1 Å². The maximum absolute atomic E-state index is 12.2. The van der Waals surface area contributed by atoms with Gasteiger partial charge in [-0.15, -0.1) is 0 Å². The van der Waals surface area contributed by atoms with Gasteiger partial charge in [0.1, 0.15) is 5.75 Å². The number of hydrogen-bond donors (Lipinski definition) is 2. The number of hydrogen-bond acceptors (Lipinski definition) is 3. The molecule has 1 aromatic carbocycles. The number of amides is 2. The van der Waals surface area contributed by atoms with Crippen molar-refractivity contribution in [2.24, 2.45) is 0 Å². The number of benzene rings is 1. The molecular formula is C14H19ClN2O3. The largest absolute Gasteiger partial charge is 0.492 e. The summed E-state index contributed by atoms with van der Waals surface area (Å²) in [7, 11) is 0. The SMILES string of the molecule is CCOc1cc(Cl)ccc1NC(=O)N1CCC(O)CC1. The zero-order chi connectivity index (χ0) is 14.5. The summed E-state index contributed by atoms with van der Waals surface area (Å²) in [5.41, 5.74) is 0.604. The molecule has 0 aliphatic carbocycles. The van der Waals surface area contributed by atoms with Crippen LogP contribution >= 0.6 is 11.6 Å². The quantitative estimate of drug-likeness (QED) is 0.902. The van der Waals surface area contributed by atoms with Crippen LogP contribution in [0.15, 0.2) is 18.2 Å². The number of piperidine rings is 1. The highest BCUT2D eigenvalue weighted by molar-refractivity contribution is 6.30. The molecule has 2 N–H and O–H groups in total. The van der Waals surface area contributed by atoms with Crippen molar-refractivity contribution in [3.8, 4) is 5.75 Å². The lowest BCUT2D eigenvalue weighted by Gasteiger charge is -2.29. The molecule has 1 aromatic rings. The molecule has 0 aromatic heterocycles. The molecule has 1 fully saturated rings. The molecular weight excluding hydrogens is 280 g/mol. The van der Waals surface area contributed by atoms with Crippen molar-refractivity contribution in [3.05, 3.63) is 23.2 Å². The molecule has 1 heterocycles. The molecule has 2 amide bonds. The van der Waals surface area contributed by atoms with Gasteiger partial charge < -0.3 is 20.1 Å². The Labute approximate surface area is 123 Å². The van der Waals surface area contributed by atoms with Crippen LogP contribution in [-0.2, 0) is 0 Å². The highest BCUT2D eigenvalue weighted by Crippen LogP contribution is 2.28. The standard InChI is InChI=1S/C14H19ClN2O3/c1-2-20-13-9-10(15)3-4-12(13)16-14(19)17-7-5-11(18)6-8-17/h3-4,9,11,18H,2,5-8H2,1H3,(H,16,19). The van der Waals surface area contributed by atoms with Gasteiger partial charge in [-0.3, -0.25) is 0 Å². The summed E-state index contributed by atoms with van der Waals surface area (Å²) in [5.74, 6) is 0.561. The number of aliphatic hydroxyl groups excluding tert-OH is 1. The first-order valence-corrected chi connectivity index (χ1v) is 7.14. The van der Waals surface area contributed by atoms with Gasteiger partial charge in [-0.2, -0.15) is 0 Å². The molecule has 1 aliphatic rings. The zero-order valence-corrected chi connectivity index (χ0v) is 12.2. The Morgan fingerprint density at radius 1 is 1.50 bits per heavy atom. The van der Waals surface area contributed by atoms with Crippen LogP contribution in [0.25, 0.3) is 0 Å². The van der Waals surface area contributed by atoms with E-state index in [0.29, 0.717) is 49.0 Å². The molecule has 0 saturated carbocycles. The highest BCUT2D eigenvalue weighted by atomic mass is 35.5. The van der Waals surface area contributed by atoms with Gasteiger partial charge in [0.25, 0.3) is 0 Å². The van der Waals surface area contributed by atoms with Crippen molar-refractivity contribution < 1.29 is 14.6 Å². The monoisotopic (exact) mass is 298 g/mol. The summed E-state index contributed by atoms with van der Waals surface area (Å²) in [6.07, 6.45) is 0.937. The van der Waals surface area contributed by atoms with Crippen molar-refractivity contribution in [2.45, 2.75) is 25.9 Å². The minimum Gasteiger partial charge on any atom is -0.492 e. The molecule has 1 aliphatic heterocycles. The average molecular weight is 299 g/mol. The summed E-state index contributed by atoms with van der Waals surface area (Å²) in [6.45, 7) is 3.49. The summed E-state index contributed by atoms with van der Waals surface area (Å²) in [4.78, 5) is 13.9. The van der Waals surface area contributed by atoms with Gasteiger partial charge in [0.2, 0.25) is 0 Å². The van der Waals surface area contributed by atoms with E-state index >= 15 is 0 Å². The second-order valence-corrected chi connectivity index (χ2v) is 5.16. The maximum Gasteiger partial charge on any atom is 0.321 e. The van der Waals surface area contributed by atoms with Crippen LogP contribution in [0.5, 0.6) is 5.75 Å². The number of anilines is 1. The predicted molar refractivity (Wildman–Crippen MR) is 78.5 cm³/mol. The number of nitrogens with one attached hydrogen (secondary N) is 1. The predicted octanol–water partition coefficient (Wildman–Crippen LogP) is 2.73. The van der Waals surface area contributed by atoms with Crippen LogP contribution in [0.1, 0.15) is 19.8 Å². The Balaban J connectivity index is 2.03. The minimum atomic E-state index is -0.298. The Kier molecular flexibility index (Phi) is 5.09. The molecule has 6 heteroatoms. The Bertz CT molecular complexity index is 473. The van der Waals surface area contributed by atoms with E-state index in [4.69, 9.17) is 16.3 Å². The third kappa shape index (κ3) is 3.77. The number of rotatable bonds is 3. The molecule has 0 spiro atoms. The molecule has 0 atom stereocenters. The number of likely N-dealkylation sites (tertiary alicyclic amines) is 1. The lowest BCUT2D eigenvalue weighted by Crippen LogP contribution is -2.42. The normalized spacial score (nSPS) is 16.1. The fourth-order valence-corrected chi connectivity index (χ4v) is 2.30. The number of aliphatic hydroxyl groups is 1. The van der Waals surface area contributed by atoms with Crippen LogP contribution in [-0.4, -0.2) is 41.8 Å². The van der Waals surface area contributed by atoms with Gasteiger partial charge in [0.05, 0.1) is 18.4 Å². The Morgan fingerprint density at radius 3 is 2.85 bits per heavy atom. The number of ether oxygens (including phenoxy) is 1. The fourth-order valence-electron chi connectivity index (χ4n) is 2.14. The number of urea groups is 1. The van der Waals surface area contributed by atoms with E-state index in [1.807, 2.05) is 6.92 Å². The summed E-state index contributed by atoms with van der Waals surface area (Å²) < 4.78 is 5.47. The van der Waals surface area contributed by atoms with Crippen LogP contribution < -0.4 is 10.1 Å². The van der Waals surface area contributed by atoms with Gasteiger partial charge in [-0.1, -0.05) is 11.6 Å². The number of halogens is 1. The van der Waals surface area contributed by atoms with Gasteiger partial charge in [0.15, 0.2) is 0 Å². The first-order valence-electron chi connectivity index (χ1n) is 6.76. The molecule has 0 radical (unpaired) electrons. The van der Waals surface area contributed by atoms with Crippen LogP contribution in [0.2, 0.25) is 5.02 Å². The van der Waals surface area contributed by atoms with E-state index in [9.17, 15) is 9.90 Å². The van der Waals surface area contributed by atoms with E-state index in [0.717, 1.165) is 0 Å². The molecule has 1 saturated heterocycles. The van der Waals surface area contributed by atoms with Crippen molar-refractivity contribution in [3.63, 3.8) is 0 Å². The molecule has 110 valence electrons. The summed E-state index contributed by atoms with van der Waals surface area (Å²) >= 11 is 5.92. The Hall–Kier alpha value is -1.46. The molecule has 2 rings (SSSR count). The van der Waals surface area contributed by atoms with Crippen LogP contribution in [0.4, 0.5) is 10.5 Å². The van der Waals surface area contributed by atoms with Crippen LogP contribution in [0, 0.1) is 0 Å². The smallest absolute Gasteiger partial charge is 0.321 e. The Morgan fingerprint density at radius 2 is 2.20 bits per heavy atom. The third-order valence-electron chi connectivity index (χ3n) is 3.24. The second kappa shape index (κ2) is 6.81.